The number of hydrogen-bond acceptors (Lipinski definition) is 5. The predicted molar refractivity (Wildman–Crippen MR) is 106 cm³/mol. The van der Waals surface area contributed by atoms with Crippen LogP contribution in [0.15, 0.2) is 53.8 Å². The zero-order chi connectivity index (χ0) is 17.6. The van der Waals surface area contributed by atoms with E-state index in [1.807, 2.05) is 48.6 Å². The molecule has 6 heteroatoms. The Bertz CT molecular complexity index is 657. The summed E-state index contributed by atoms with van der Waals surface area (Å²) in [6.07, 6.45) is 7.71. The second-order valence-corrected chi connectivity index (χ2v) is 6.78. The van der Waals surface area contributed by atoms with Crippen LogP contribution < -0.4 is 0 Å². The molecule has 0 saturated heterocycles. The largest absolute Gasteiger partial charge is 0.491 e. The summed E-state index contributed by atoms with van der Waals surface area (Å²) in [7, 11) is 3.21. The Morgan fingerprint density at radius 1 is 1.17 bits per heavy atom. The van der Waals surface area contributed by atoms with E-state index in [4.69, 9.17) is 25.8 Å². The van der Waals surface area contributed by atoms with Gasteiger partial charge in [0.05, 0.1) is 11.9 Å². The topological polar surface area (TPSA) is 27.7 Å². The van der Waals surface area contributed by atoms with Crippen molar-refractivity contribution in [3.63, 3.8) is 0 Å². The van der Waals surface area contributed by atoms with Crippen molar-refractivity contribution in [2.75, 3.05) is 27.4 Å². The first-order valence-electron chi connectivity index (χ1n) is 7.45. The van der Waals surface area contributed by atoms with E-state index in [2.05, 4.69) is 25.3 Å². The first-order valence-corrected chi connectivity index (χ1v) is 8.79. The normalized spacial score (nSPS) is 24.0. The Morgan fingerprint density at radius 3 is 2.58 bits per heavy atom. The molecular formula is C18H21ClO3S2. The van der Waals surface area contributed by atoms with Crippen molar-refractivity contribution >= 4 is 42.9 Å². The van der Waals surface area contributed by atoms with Crippen LogP contribution in [0.2, 0.25) is 5.02 Å². The predicted octanol–water partition coefficient (Wildman–Crippen LogP) is 4.41. The average molecular weight is 385 g/mol. The van der Waals surface area contributed by atoms with Gasteiger partial charge in [-0.15, -0.1) is 12.6 Å². The van der Waals surface area contributed by atoms with Crippen molar-refractivity contribution in [3.8, 4) is 0 Å². The zero-order valence-electron chi connectivity index (χ0n) is 13.6. The van der Waals surface area contributed by atoms with Crippen molar-refractivity contribution in [1.82, 2.24) is 0 Å². The van der Waals surface area contributed by atoms with Crippen LogP contribution in [-0.2, 0) is 14.2 Å². The molecule has 3 nitrogen and oxygen atoms in total. The molecule has 130 valence electrons. The van der Waals surface area contributed by atoms with Crippen molar-refractivity contribution in [2.45, 2.75) is 10.2 Å². The number of halogens is 1. The highest BCUT2D eigenvalue weighted by molar-refractivity contribution is 7.86. The molecule has 2 atom stereocenters. The van der Waals surface area contributed by atoms with Crippen LogP contribution in [-0.4, -0.2) is 37.6 Å². The van der Waals surface area contributed by atoms with Crippen LogP contribution in [0.5, 0.6) is 0 Å². The molecule has 1 aliphatic carbocycles. The van der Waals surface area contributed by atoms with Gasteiger partial charge in [-0.25, -0.2) is 0 Å². The van der Waals surface area contributed by atoms with Crippen LogP contribution in [0.3, 0.4) is 0 Å². The summed E-state index contributed by atoms with van der Waals surface area (Å²) >= 11 is 15.5. The van der Waals surface area contributed by atoms with Gasteiger partial charge >= 0.3 is 0 Å². The third-order valence-corrected chi connectivity index (χ3v) is 5.55. The van der Waals surface area contributed by atoms with Crippen LogP contribution in [0.4, 0.5) is 0 Å². The molecule has 0 saturated carbocycles. The Labute approximate surface area is 159 Å². The SMILES string of the molecule is COCCOC1=CC=C(C=Cc2ccccc2Cl)C(S)C1(S)OC. The molecule has 0 N–H and O–H groups in total. The van der Waals surface area contributed by atoms with E-state index >= 15 is 0 Å². The summed E-state index contributed by atoms with van der Waals surface area (Å²) < 4.78 is 16.3. The minimum Gasteiger partial charge on any atom is -0.491 e. The van der Waals surface area contributed by atoms with Gasteiger partial charge in [-0.2, -0.15) is 12.6 Å². The minimum absolute atomic E-state index is 0.299. The lowest BCUT2D eigenvalue weighted by Gasteiger charge is -2.37. The number of benzene rings is 1. The fourth-order valence-corrected chi connectivity index (χ4v) is 3.18. The summed E-state index contributed by atoms with van der Waals surface area (Å²) in [5.74, 6) is 0.611. The van der Waals surface area contributed by atoms with E-state index in [1.165, 1.54) is 0 Å². The second-order valence-electron chi connectivity index (χ2n) is 5.20. The van der Waals surface area contributed by atoms with Gasteiger partial charge in [0.2, 0.25) is 0 Å². The summed E-state index contributed by atoms with van der Waals surface area (Å²) in [5, 5.41) is 0.399. The standard InChI is InChI=1S/C18H21ClO3S2/c1-20-11-12-22-16-10-9-14(17(23)18(16,24)21-2)8-7-13-5-3-4-6-15(13)19/h3-10,17,23-24H,11-12H2,1-2H3. The summed E-state index contributed by atoms with van der Waals surface area (Å²) in [6.45, 7) is 0.915. The number of hydrogen-bond donors (Lipinski definition) is 2. The number of rotatable bonds is 7. The Morgan fingerprint density at radius 2 is 1.92 bits per heavy atom. The molecule has 1 aromatic carbocycles. The Kier molecular flexibility index (Phi) is 7.32. The van der Waals surface area contributed by atoms with Gasteiger partial charge in [-0.05, 0) is 23.3 Å². The Hall–Kier alpha value is -0.850. The van der Waals surface area contributed by atoms with Crippen LogP contribution in [0.1, 0.15) is 5.56 Å². The first kappa shape index (κ1) is 19.5. The summed E-state index contributed by atoms with van der Waals surface area (Å²) in [6, 6.07) is 7.65. The molecule has 0 fully saturated rings. The van der Waals surface area contributed by atoms with Crippen LogP contribution >= 0.6 is 36.9 Å². The van der Waals surface area contributed by atoms with E-state index in [-0.39, 0.29) is 5.25 Å². The van der Waals surface area contributed by atoms with Crippen molar-refractivity contribution < 1.29 is 14.2 Å². The first-order chi connectivity index (χ1) is 11.5. The molecule has 0 heterocycles. The zero-order valence-corrected chi connectivity index (χ0v) is 16.2. The fourth-order valence-electron chi connectivity index (χ4n) is 2.28. The van der Waals surface area contributed by atoms with E-state index in [1.54, 1.807) is 14.2 Å². The maximum Gasteiger partial charge on any atom is 0.183 e. The smallest absolute Gasteiger partial charge is 0.183 e. The number of methoxy groups -OCH3 is 2. The maximum absolute atomic E-state index is 6.18. The van der Waals surface area contributed by atoms with Crippen molar-refractivity contribution in [2.24, 2.45) is 0 Å². The molecule has 1 aromatic rings. The summed E-state index contributed by atoms with van der Waals surface area (Å²) in [4.78, 5) is -0.953. The highest BCUT2D eigenvalue weighted by atomic mass is 35.5. The molecule has 0 spiro atoms. The van der Waals surface area contributed by atoms with Crippen molar-refractivity contribution in [3.05, 3.63) is 64.4 Å². The van der Waals surface area contributed by atoms with E-state index in [9.17, 15) is 0 Å². The highest BCUT2D eigenvalue weighted by Crippen LogP contribution is 2.40. The van der Waals surface area contributed by atoms with Crippen LogP contribution in [0, 0.1) is 0 Å². The molecular weight excluding hydrogens is 364 g/mol. The quantitative estimate of drug-likeness (QED) is 0.414. The van der Waals surface area contributed by atoms with E-state index < -0.39 is 4.93 Å². The van der Waals surface area contributed by atoms with Gasteiger partial charge in [0.1, 0.15) is 12.4 Å². The van der Waals surface area contributed by atoms with Gasteiger partial charge < -0.3 is 14.2 Å². The second kappa shape index (κ2) is 9.02. The molecule has 2 rings (SSSR count). The van der Waals surface area contributed by atoms with Gasteiger partial charge in [-0.3, -0.25) is 0 Å². The maximum atomic E-state index is 6.18. The van der Waals surface area contributed by atoms with Gasteiger partial charge in [0, 0.05) is 19.2 Å². The third kappa shape index (κ3) is 4.41. The van der Waals surface area contributed by atoms with Gasteiger partial charge in [0.25, 0.3) is 0 Å². The molecule has 0 radical (unpaired) electrons. The monoisotopic (exact) mass is 384 g/mol. The Balaban J connectivity index is 2.23. The molecule has 0 amide bonds. The van der Waals surface area contributed by atoms with E-state index in [0.717, 1.165) is 11.1 Å². The third-order valence-electron chi connectivity index (χ3n) is 3.68. The summed E-state index contributed by atoms with van der Waals surface area (Å²) in [5.41, 5.74) is 1.89. The molecule has 24 heavy (non-hydrogen) atoms. The number of ether oxygens (including phenoxy) is 3. The molecule has 2 unspecified atom stereocenters. The molecule has 0 bridgehead atoms. The highest BCUT2D eigenvalue weighted by Gasteiger charge is 2.42. The van der Waals surface area contributed by atoms with Crippen LogP contribution in [0.25, 0.3) is 6.08 Å². The molecule has 0 aliphatic heterocycles. The lowest BCUT2D eigenvalue weighted by atomic mass is 9.98. The lowest BCUT2D eigenvalue weighted by Crippen LogP contribution is -2.41. The average Bonchev–Trinajstić information content (AvgIpc) is 2.59. The lowest BCUT2D eigenvalue weighted by molar-refractivity contribution is 0.0276. The van der Waals surface area contributed by atoms with Gasteiger partial charge in [-0.1, -0.05) is 48.0 Å². The van der Waals surface area contributed by atoms with E-state index in [0.29, 0.717) is 24.0 Å². The number of thiol groups is 2. The van der Waals surface area contributed by atoms with Gasteiger partial charge in [0.15, 0.2) is 4.93 Å². The molecule has 1 aliphatic rings. The number of allylic oxidation sites excluding steroid dienone is 3. The van der Waals surface area contributed by atoms with Crippen molar-refractivity contribution in [1.29, 1.82) is 0 Å². The minimum atomic E-state index is -0.953. The fraction of sp³-hybridized carbons (Fsp3) is 0.333. The molecule has 0 aromatic heterocycles.